The van der Waals surface area contributed by atoms with Gasteiger partial charge in [-0.25, -0.2) is 9.59 Å². The van der Waals surface area contributed by atoms with Crippen LogP contribution in [0.1, 0.15) is 24.2 Å². The van der Waals surface area contributed by atoms with Crippen molar-refractivity contribution in [2.75, 3.05) is 31.1 Å². The zero-order chi connectivity index (χ0) is 17.9. The Morgan fingerprint density at radius 3 is 2.33 bits per heavy atom. The summed E-state index contributed by atoms with van der Waals surface area (Å²) >= 11 is 0. The smallest absolute Gasteiger partial charge is 0.338 e. The van der Waals surface area contributed by atoms with E-state index in [1.54, 1.807) is 12.1 Å². The molecule has 0 unspecified atom stereocenters. The SMILES string of the molecule is C=CCNC(=O)NC(=O)COC(=O)c1ccc(N(CC)CC)cc1. The van der Waals surface area contributed by atoms with E-state index in [0.29, 0.717) is 5.56 Å². The lowest BCUT2D eigenvalue weighted by Gasteiger charge is -2.20. The van der Waals surface area contributed by atoms with E-state index in [2.05, 4.69) is 30.6 Å². The van der Waals surface area contributed by atoms with Crippen molar-refractivity contribution in [3.8, 4) is 0 Å². The molecule has 0 aliphatic heterocycles. The summed E-state index contributed by atoms with van der Waals surface area (Å²) in [6.45, 7) is 8.98. The number of esters is 1. The van der Waals surface area contributed by atoms with E-state index >= 15 is 0 Å². The van der Waals surface area contributed by atoms with Crippen molar-refractivity contribution in [2.24, 2.45) is 0 Å². The molecule has 3 amide bonds. The molecule has 1 rings (SSSR count). The number of hydrogen-bond acceptors (Lipinski definition) is 5. The molecular formula is C17H23N3O4. The zero-order valence-electron chi connectivity index (χ0n) is 14.0. The van der Waals surface area contributed by atoms with Crippen molar-refractivity contribution in [2.45, 2.75) is 13.8 Å². The highest BCUT2D eigenvalue weighted by atomic mass is 16.5. The van der Waals surface area contributed by atoms with Gasteiger partial charge in [0.15, 0.2) is 6.61 Å². The molecule has 0 aliphatic carbocycles. The summed E-state index contributed by atoms with van der Waals surface area (Å²) in [6, 6.07) is 6.27. The molecule has 7 heteroatoms. The second-order valence-electron chi connectivity index (χ2n) is 4.84. The van der Waals surface area contributed by atoms with Gasteiger partial charge in [-0.2, -0.15) is 0 Å². The lowest BCUT2D eigenvalue weighted by Crippen LogP contribution is -2.41. The number of urea groups is 1. The van der Waals surface area contributed by atoms with Crippen LogP contribution < -0.4 is 15.5 Å². The lowest BCUT2D eigenvalue weighted by atomic mass is 10.2. The Balaban J connectivity index is 2.49. The molecule has 0 aromatic heterocycles. The van der Waals surface area contributed by atoms with Crippen LogP contribution in [0.5, 0.6) is 0 Å². The van der Waals surface area contributed by atoms with Gasteiger partial charge in [-0.1, -0.05) is 6.08 Å². The van der Waals surface area contributed by atoms with Crippen LogP contribution in [0, 0.1) is 0 Å². The molecule has 1 aromatic carbocycles. The standard InChI is InChI=1S/C17H23N3O4/c1-4-11-18-17(23)19-15(21)12-24-16(22)13-7-9-14(10-8-13)20(5-2)6-3/h4,7-10H,1,5-6,11-12H2,2-3H3,(H2,18,19,21,23). The summed E-state index contributed by atoms with van der Waals surface area (Å²) in [5.74, 6) is -1.33. The van der Waals surface area contributed by atoms with Gasteiger partial charge < -0.3 is 15.0 Å². The largest absolute Gasteiger partial charge is 0.452 e. The number of nitrogens with one attached hydrogen (secondary N) is 2. The summed E-state index contributed by atoms with van der Waals surface area (Å²) in [5.41, 5.74) is 1.35. The molecule has 2 N–H and O–H groups in total. The summed E-state index contributed by atoms with van der Waals surface area (Å²) < 4.78 is 4.88. The molecule has 0 spiro atoms. The Labute approximate surface area is 141 Å². The van der Waals surface area contributed by atoms with Crippen LogP contribution in [-0.2, 0) is 9.53 Å². The number of ether oxygens (including phenoxy) is 1. The maximum Gasteiger partial charge on any atom is 0.338 e. The number of hydrogen-bond donors (Lipinski definition) is 2. The Hall–Kier alpha value is -2.83. The van der Waals surface area contributed by atoms with Gasteiger partial charge in [0.05, 0.1) is 5.56 Å². The van der Waals surface area contributed by atoms with Gasteiger partial charge in [0.1, 0.15) is 0 Å². The molecule has 130 valence electrons. The topological polar surface area (TPSA) is 87.7 Å². The van der Waals surface area contributed by atoms with E-state index in [0.717, 1.165) is 18.8 Å². The van der Waals surface area contributed by atoms with E-state index in [-0.39, 0.29) is 6.54 Å². The third-order valence-electron chi connectivity index (χ3n) is 3.23. The van der Waals surface area contributed by atoms with Gasteiger partial charge in [0.2, 0.25) is 0 Å². The first-order valence-electron chi connectivity index (χ1n) is 7.72. The van der Waals surface area contributed by atoms with E-state index < -0.39 is 24.5 Å². The predicted octanol–water partition coefficient (Wildman–Crippen LogP) is 1.70. The number of nitrogens with zero attached hydrogens (tertiary/aromatic N) is 1. The van der Waals surface area contributed by atoms with Crippen LogP contribution in [0.4, 0.5) is 10.5 Å². The summed E-state index contributed by atoms with van der Waals surface area (Å²) in [6.07, 6.45) is 1.48. The second kappa shape index (κ2) is 10.0. The van der Waals surface area contributed by atoms with Crippen LogP contribution in [-0.4, -0.2) is 44.1 Å². The number of benzene rings is 1. The van der Waals surface area contributed by atoms with Gasteiger partial charge in [0.25, 0.3) is 5.91 Å². The molecule has 1 aromatic rings. The number of rotatable bonds is 8. The van der Waals surface area contributed by atoms with Crippen LogP contribution in [0.15, 0.2) is 36.9 Å². The number of anilines is 1. The van der Waals surface area contributed by atoms with Crippen LogP contribution in [0.25, 0.3) is 0 Å². The molecule has 0 heterocycles. The highest BCUT2D eigenvalue weighted by Gasteiger charge is 2.12. The van der Waals surface area contributed by atoms with Crippen molar-refractivity contribution in [1.82, 2.24) is 10.6 Å². The fraction of sp³-hybridized carbons (Fsp3) is 0.353. The Bertz CT molecular complexity index is 580. The maximum absolute atomic E-state index is 11.9. The van der Waals surface area contributed by atoms with Crippen molar-refractivity contribution < 1.29 is 19.1 Å². The first kappa shape index (κ1) is 19.2. The normalized spacial score (nSPS) is 9.75. The third-order valence-corrected chi connectivity index (χ3v) is 3.23. The Morgan fingerprint density at radius 1 is 1.17 bits per heavy atom. The van der Waals surface area contributed by atoms with Crippen molar-refractivity contribution >= 4 is 23.6 Å². The molecule has 0 aliphatic rings. The average Bonchev–Trinajstić information content (AvgIpc) is 2.59. The molecule has 7 nitrogen and oxygen atoms in total. The van der Waals surface area contributed by atoms with E-state index in [4.69, 9.17) is 4.74 Å². The van der Waals surface area contributed by atoms with Gasteiger partial charge in [-0.15, -0.1) is 6.58 Å². The minimum Gasteiger partial charge on any atom is -0.452 e. The summed E-state index contributed by atoms with van der Waals surface area (Å²) in [7, 11) is 0. The monoisotopic (exact) mass is 333 g/mol. The van der Waals surface area contributed by atoms with E-state index in [1.165, 1.54) is 6.08 Å². The number of amides is 3. The molecule has 0 atom stereocenters. The number of imide groups is 1. The first-order valence-corrected chi connectivity index (χ1v) is 7.72. The molecule has 0 saturated heterocycles. The minimum atomic E-state index is -0.704. The Morgan fingerprint density at radius 2 is 1.79 bits per heavy atom. The fourth-order valence-electron chi connectivity index (χ4n) is 1.98. The molecular weight excluding hydrogens is 310 g/mol. The van der Waals surface area contributed by atoms with E-state index in [1.807, 2.05) is 17.4 Å². The van der Waals surface area contributed by atoms with Gasteiger partial charge in [-0.3, -0.25) is 10.1 Å². The average molecular weight is 333 g/mol. The van der Waals surface area contributed by atoms with Crippen LogP contribution in [0.3, 0.4) is 0 Å². The second-order valence-corrected chi connectivity index (χ2v) is 4.84. The summed E-state index contributed by atoms with van der Waals surface area (Å²) in [5, 5.41) is 4.42. The maximum atomic E-state index is 11.9. The molecule has 0 fully saturated rings. The van der Waals surface area contributed by atoms with E-state index in [9.17, 15) is 14.4 Å². The Kier molecular flexibility index (Phi) is 8.04. The van der Waals surface area contributed by atoms with Gasteiger partial charge in [-0.05, 0) is 38.1 Å². The van der Waals surface area contributed by atoms with Crippen molar-refractivity contribution in [3.05, 3.63) is 42.5 Å². The first-order chi connectivity index (χ1) is 11.5. The highest BCUT2D eigenvalue weighted by Crippen LogP contribution is 2.15. The molecule has 24 heavy (non-hydrogen) atoms. The zero-order valence-corrected chi connectivity index (χ0v) is 14.0. The van der Waals surface area contributed by atoms with Crippen LogP contribution in [0.2, 0.25) is 0 Å². The lowest BCUT2D eigenvalue weighted by molar-refractivity contribution is -0.123. The van der Waals surface area contributed by atoms with Gasteiger partial charge in [0, 0.05) is 25.3 Å². The van der Waals surface area contributed by atoms with Crippen molar-refractivity contribution in [1.29, 1.82) is 0 Å². The molecule has 0 bridgehead atoms. The fourth-order valence-corrected chi connectivity index (χ4v) is 1.98. The number of carbonyl (C=O) groups excluding carboxylic acids is 3. The van der Waals surface area contributed by atoms with Gasteiger partial charge >= 0.3 is 12.0 Å². The third kappa shape index (κ3) is 6.12. The molecule has 0 radical (unpaired) electrons. The minimum absolute atomic E-state index is 0.234. The summed E-state index contributed by atoms with van der Waals surface area (Å²) in [4.78, 5) is 36.8. The van der Waals surface area contributed by atoms with Crippen molar-refractivity contribution in [3.63, 3.8) is 0 Å². The quantitative estimate of drug-likeness (QED) is 0.558. The predicted molar refractivity (Wildman–Crippen MR) is 92.0 cm³/mol. The highest BCUT2D eigenvalue weighted by molar-refractivity contribution is 5.97. The molecule has 0 saturated carbocycles. The van der Waals surface area contributed by atoms with Crippen LogP contribution >= 0.6 is 0 Å². The number of carbonyl (C=O) groups is 3.